The van der Waals surface area contributed by atoms with Crippen LogP contribution in [-0.2, 0) is 14.3 Å². The van der Waals surface area contributed by atoms with Crippen molar-refractivity contribution >= 4 is 23.3 Å². The van der Waals surface area contributed by atoms with E-state index in [0.717, 1.165) is 37.1 Å². The Kier molecular flexibility index (Phi) is 12.6. The Balaban J connectivity index is 0.000000351. The number of carboxylic acid groups (broad SMARTS) is 1. The number of benzene rings is 2. The van der Waals surface area contributed by atoms with E-state index in [1.54, 1.807) is 0 Å². The van der Waals surface area contributed by atoms with E-state index < -0.39 is 5.97 Å². The van der Waals surface area contributed by atoms with Gasteiger partial charge in [-0.2, -0.15) is 0 Å². The second-order valence-electron chi connectivity index (χ2n) is 11.5. The first-order valence-electron chi connectivity index (χ1n) is 12.4. The monoisotopic (exact) mass is 520 g/mol. The number of para-hydroxylation sites is 2. The van der Waals surface area contributed by atoms with E-state index in [1.165, 1.54) is 7.11 Å². The van der Waals surface area contributed by atoms with Gasteiger partial charge in [-0.3, -0.25) is 9.59 Å². The summed E-state index contributed by atoms with van der Waals surface area (Å²) in [6.07, 6.45) is 3.51. The molecule has 0 aliphatic heterocycles. The Morgan fingerprint density at radius 1 is 0.757 bits per heavy atom. The molecule has 198 valence electrons. The standard InChI is InChI=1S/C15H21NO2.C14H19NO2.Na.H2O/c1-15(2)9-12(14(17)18-3)13(10-15)16-11-7-5-4-6-8-11;1-14(2)8-11(13(16)17)12(9-14)15-10-6-4-3-5-7-10;;/h4-8,12-13,16H,9-10H2,1-3H3;3-7,11-12,15H,8-9H2,1-2H3,(H,16,17);;1H2/q;;+1;/p-1. The van der Waals surface area contributed by atoms with Gasteiger partial charge in [0.15, 0.2) is 0 Å². The summed E-state index contributed by atoms with van der Waals surface area (Å²) >= 11 is 0. The van der Waals surface area contributed by atoms with E-state index in [4.69, 9.17) is 4.74 Å². The molecule has 2 aromatic carbocycles. The molecule has 0 bridgehead atoms. The van der Waals surface area contributed by atoms with Crippen LogP contribution in [-0.4, -0.2) is 41.7 Å². The molecule has 2 aliphatic carbocycles. The van der Waals surface area contributed by atoms with E-state index in [9.17, 15) is 14.7 Å². The average molecular weight is 521 g/mol. The average Bonchev–Trinajstić information content (AvgIpc) is 3.29. The van der Waals surface area contributed by atoms with Crippen molar-refractivity contribution in [3.8, 4) is 0 Å². The molecule has 0 aromatic heterocycles. The van der Waals surface area contributed by atoms with Crippen molar-refractivity contribution in [3.05, 3.63) is 60.7 Å². The Bertz CT molecular complexity index is 984. The molecular weight excluding hydrogens is 479 g/mol. The largest absolute Gasteiger partial charge is 1.00 e. The minimum atomic E-state index is -0.691. The van der Waals surface area contributed by atoms with E-state index in [2.05, 4.69) is 38.3 Å². The van der Waals surface area contributed by atoms with Gasteiger partial charge >= 0.3 is 41.5 Å². The zero-order valence-electron chi connectivity index (χ0n) is 23.0. The summed E-state index contributed by atoms with van der Waals surface area (Å²) in [5.41, 5.74) is 2.36. The number of methoxy groups -OCH3 is 1. The summed E-state index contributed by atoms with van der Waals surface area (Å²) in [4.78, 5) is 23.1. The Hall–Kier alpha value is -2.06. The van der Waals surface area contributed by atoms with Gasteiger partial charge in [0.2, 0.25) is 0 Å². The van der Waals surface area contributed by atoms with Crippen molar-refractivity contribution in [1.82, 2.24) is 0 Å². The van der Waals surface area contributed by atoms with Crippen LogP contribution in [0, 0.1) is 22.7 Å². The molecule has 2 aliphatic rings. The predicted molar refractivity (Wildman–Crippen MR) is 142 cm³/mol. The molecule has 4 rings (SSSR count). The van der Waals surface area contributed by atoms with Crippen molar-refractivity contribution in [2.75, 3.05) is 17.7 Å². The minimum Gasteiger partial charge on any atom is -0.870 e. The Morgan fingerprint density at radius 2 is 1.14 bits per heavy atom. The van der Waals surface area contributed by atoms with E-state index in [0.29, 0.717) is 0 Å². The molecule has 0 radical (unpaired) electrons. The third kappa shape index (κ3) is 9.64. The number of nitrogens with one attached hydrogen (secondary N) is 2. The Morgan fingerprint density at radius 3 is 1.51 bits per heavy atom. The third-order valence-electron chi connectivity index (χ3n) is 7.13. The van der Waals surface area contributed by atoms with Crippen LogP contribution in [0.1, 0.15) is 53.4 Å². The number of hydrogen-bond acceptors (Lipinski definition) is 6. The summed E-state index contributed by atoms with van der Waals surface area (Å²) in [6.45, 7) is 8.68. The summed E-state index contributed by atoms with van der Waals surface area (Å²) in [6, 6.07) is 20.1. The van der Waals surface area contributed by atoms with Crippen LogP contribution < -0.4 is 40.2 Å². The van der Waals surface area contributed by atoms with Crippen LogP contribution in [0.15, 0.2) is 60.7 Å². The first-order valence-corrected chi connectivity index (χ1v) is 12.4. The number of ether oxygens (including phenoxy) is 1. The summed E-state index contributed by atoms with van der Waals surface area (Å²) in [5.74, 6) is -1.13. The topological polar surface area (TPSA) is 118 Å². The second kappa shape index (κ2) is 14.2. The van der Waals surface area contributed by atoms with Gasteiger partial charge in [0, 0.05) is 23.5 Å². The number of anilines is 2. The number of carbonyl (C=O) groups excluding carboxylic acids is 1. The fraction of sp³-hybridized carbons (Fsp3) is 0.517. The number of aliphatic carboxylic acids is 1. The van der Waals surface area contributed by atoms with Crippen LogP contribution in [0.25, 0.3) is 0 Å². The van der Waals surface area contributed by atoms with Gasteiger partial charge < -0.3 is 26.0 Å². The maximum Gasteiger partial charge on any atom is 1.00 e. The molecular formula is C29H41N2NaO5. The van der Waals surface area contributed by atoms with Gasteiger partial charge in [0.05, 0.1) is 18.9 Å². The molecule has 2 saturated carbocycles. The van der Waals surface area contributed by atoms with Crippen molar-refractivity contribution in [2.45, 2.75) is 65.5 Å². The SMILES string of the molecule is CC1(C)CC(Nc2ccccc2)C(C(=O)O)C1.COC(=O)C1CC(C)(C)CC1Nc1ccccc1.[Na+].[OH-]. The molecule has 0 heterocycles. The molecule has 7 nitrogen and oxygen atoms in total. The molecule has 0 amide bonds. The minimum absolute atomic E-state index is 0. The molecule has 2 aromatic rings. The molecule has 37 heavy (non-hydrogen) atoms. The number of carbonyl (C=O) groups is 2. The number of carboxylic acids is 1. The second-order valence-corrected chi connectivity index (χ2v) is 11.5. The van der Waals surface area contributed by atoms with Crippen LogP contribution >= 0.6 is 0 Å². The third-order valence-corrected chi connectivity index (χ3v) is 7.13. The number of hydrogen-bond donors (Lipinski definition) is 3. The number of esters is 1. The van der Waals surface area contributed by atoms with Crippen molar-refractivity contribution in [1.29, 1.82) is 0 Å². The number of rotatable bonds is 6. The predicted octanol–water partition coefficient (Wildman–Crippen LogP) is 2.89. The molecule has 0 spiro atoms. The van der Waals surface area contributed by atoms with Crippen LogP contribution in [0.3, 0.4) is 0 Å². The molecule has 0 saturated heterocycles. The van der Waals surface area contributed by atoms with Gasteiger partial charge in [-0.05, 0) is 60.8 Å². The van der Waals surface area contributed by atoms with E-state index in [-0.39, 0.29) is 75.8 Å². The Labute approximate surface area is 243 Å². The molecule has 2 fully saturated rings. The normalized spacial score (nSPS) is 24.8. The molecule has 8 heteroatoms. The zero-order valence-corrected chi connectivity index (χ0v) is 25.0. The van der Waals surface area contributed by atoms with Crippen LogP contribution in [0.4, 0.5) is 11.4 Å². The fourth-order valence-electron chi connectivity index (χ4n) is 5.58. The maximum absolute atomic E-state index is 11.8. The first kappa shape index (κ1) is 33.0. The molecule has 4 atom stereocenters. The summed E-state index contributed by atoms with van der Waals surface area (Å²) < 4.78 is 4.92. The van der Waals surface area contributed by atoms with Gasteiger partial charge in [0.25, 0.3) is 0 Å². The first-order chi connectivity index (χ1) is 16.5. The van der Waals surface area contributed by atoms with Crippen molar-refractivity contribution in [3.63, 3.8) is 0 Å². The van der Waals surface area contributed by atoms with Crippen molar-refractivity contribution in [2.24, 2.45) is 22.7 Å². The van der Waals surface area contributed by atoms with E-state index >= 15 is 0 Å². The summed E-state index contributed by atoms with van der Waals surface area (Å²) in [5, 5.41) is 16.1. The zero-order chi connectivity index (χ0) is 25.6. The molecule has 4 N–H and O–H groups in total. The fourth-order valence-corrected chi connectivity index (χ4v) is 5.58. The van der Waals surface area contributed by atoms with Crippen molar-refractivity contribution < 1.29 is 54.5 Å². The van der Waals surface area contributed by atoms with Crippen LogP contribution in [0.5, 0.6) is 0 Å². The van der Waals surface area contributed by atoms with Gasteiger partial charge in [-0.15, -0.1) is 0 Å². The maximum atomic E-state index is 11.8. The van der Waals surface area contributed by atoms with Gasteiger partial charge in [-0.1, -0.05) is 64.1 Å². The van der Waals surface area contributed by atoms with Gasteiger partial charge in [0.1, 0.15) is 0 Å². The smallest absolute Gasteiger partial charge is 0.870 e. The van der Waals surface area contributed by atoms with Crippen LogP contribution in [0.2, 0.25) is 0 Å². The quantitative estimate of drug-likeness (QED) is 0.396. The van der Waals surface area contributed by atoms with E-state index in [1.807, 2.05) is 60.7 Å². The summed E-state index contributed by atoms with van der Waals surface area (Å²) in [7, 11) is 1.47. The molecule has 4 unspecified atom stereocenters. The van der Waals surface area contributed by atoms with Gasteiger partial charge in [-0.25, -0.2) is 0 Å².